The highest BCUT2D eigenvalue weighted by molar-refractivity contribution is 6.26. The van der Waals surface area contributed by atoms with Gasteiger partial charge in [0.05, 0.1) is 6.26 Å². The van der Waals surface area contributed by atoms with Gasteiger partial charge in [0.15, 0.2) is 0 Å². The molecule has 2 aromatic carbocycles. The number of imidazole rings is 1. The molecule has 6 heteroatoms. The SMILES string of the molecule is Cc1n(Cc2ccco2)c2c([n+]1Cc1ccccc1)C(=O)c1ccccc1C2=O.[Br-]. The summed E-state index contributed by atoms with van der Waals surface area (Å²) in [6, 6.07) is 20.7. The van der Waals surface area contributed by atoms with Crippen molar-refractivity contribution in [2.24, 2.45) is 0 Å². The maximum atomic E-state index is 13.4. The third-order valence-electron chi connectivity index (χ3n) is 5.47. The molecule has 0 saturated heterocycles. The number of hydrogen-bond acceptors (Lipinski definition) is 3. The molecule has 0 amide bonds. The van der Waals surface area contributed by atoms with E-state index in [1.165, 1.54) is 0 Å². The summed E-state index contributed by atoms with van der Waals surface area (Å²) in [5.74, 6) is 1.32. The number of hydrogen-bond donors (Lipinski definition) is 0. The van der Waals surface area contributed by atoms with Crippen LogP contribution in [0.2, 0.25) is 0 Å². The maximum absolute atomic E-state index is 13.4. The first kappa shape index (κ1) is 20.0. The summed E-state index contributed by atoms with van der Waals surface area (Å²) in [6.07, 6.45) is 1.61. The van der Waals surface area contributed by atoms with Crippen molar-refractivity contribution >= 4 is 11.6 Å². The van der Waals surface area contributed by atoms with E-state index in [1.54, 1.807) is 30.5 Å². The number of benzene rings is 2. The van der Waals surface area contributed by atoms with Crippen LogP contribution in [0, 0.1) is 6.92 Å². The van der Waals surface area contributed by atoms with Gasteiger partial charge in [0, 0.05) is 18.1 Å². The Balaban J connectivity index is 0.00000218. The number of rotatable bonds is 4. The van der Waals surface area contributed by atoms with Crippen molar-refractivity contribution in [1.29, 1.82) is 0 Å². The molecule has 5 nitrogen and oxygen atoms in total. The van der Waals surface area contributed by atoms with Crippen molar-refractivity contribution in [3.63, 3.8) is 0 Å². The minimum atomic E-state index is -0.128. The van der Waals surface area contributed by atoms with Crippen molar-refractivity contribution in [2.75, 3.05) is 0 Å². The highest BCUT2D eigenvalue weighted by Gasteiger charge is 2.43. The highest BCUT2D eigenvalue weighted by atomic mass is 79.9. The molecule has 5 rings (SSSR count). The Morgan fingerprint density at radius 2 is 1.53 bits per heavy atom. The highest BCUT2D eigenvalue weighted by Crippen LogP contribution is 2.28. The van der Waals surface area contributed by atoms with E-state index < -0.39 is 0 Å². The monoisotopic (exact) mass is 462 g/mol. The van der Waals surface area contributed by atoms with Gasteiger partial charge in [-0.1, -0.05) is 54.6 Å². The summed E-state index contributed by atoms with van der Waals surface area (Å²) in [5, 5.41) is 0. The lowest BCUT2D eigenvalue weighted by atomic mass is 9.90. The van der Waals surface area contributed by atoms with Crippen LogP contribution < -0.4 is 21.5 Å². The van der Waals surface area contributed by atoms with Gasteiger partial charge in [0.2, 0.25) is 23.0 Å². The van der Waals surface area contributed by atoms with E-state index in [0.29, 0.717) is 35.6 Å². The van der Waals surface area contributed by atoms with Crippen LogP contribution in [-0.2, 0) is 13.1 Å². The fourth-order valence-electron chi connectivity index (χ4n) is 4.03. The zero-order valence-corrected chi connectivity index (χ0v) is 17.9. The lowest BCUT2D eigenvalue weighted by molar-refractivity contribution is -0.695. The summed E-state index contributed by atoms with van der Waals surface area (Å²) in [6.45, 7) is 2.85. The molecule has 1 aliphatic carbocycles. The normalized spacial score (nSPS) is 12.3. The number of halogens is 1. The van der Waals surface area contributed by atoms with Crippen molar-refractivity contribution in [3.05, 3.63) is 113 Å². The molecule has 4 aromatic rings. The number of fused-ring (bicyclic) bond motifs is 2. The minimum Gasteiger partial charge on any atom is -1.00 e. The quantitative estimate of drug-likeness (QED) is 0.366. The minimum absolute atomic E-state index is 0. The third kappa shape index (κ3) is 3.13. The predicted molar refractivity (Wildman–Crippen MR) is 106 cm³/mol. The molecule has 0 bridgehead atoms. The van der Waals surface area contributed by atoms with Gasteiger partial charge in [0.1, 0.15) is 18.8 Å². The van der Waals surface area contributed by atoms with E-state index in [2.05, 4.69) is 0 Å². The second-order valence-electron chi connectivity index (χ2n) is 7.19. The van der Waals surface area contributed by atoms with Gasteiger partial charge in [-0.15, -0.1) is 0 Å². The van der Waals surface area contributed by atoms with Crippen molar-refractivity contribution in [3.8, 4) is 0 Å². The Hall–Kier alpha value is -3.25. The summed E-state index contributed by atoms with van der Waals surface area (Å²) < 4.78 is 9.36. The van der Waals surface area contributed by atoms with Gasteiger partial charge in [0.25, 0.3) is 5.82 Å². The van der Waals surface area contributed by atoms with Crippen LogP contribution in [0.4, 0.5) is 0 Å². The van der Waals surface area contributed by atoms with Crippen LogP contribution >= 0.6 is 0 Å². The molecule has 0 spiro atoms. The molecule has 0 radical (unpaired) electrons. The van der Waals surface area contributed by atoms with Gasteiger partial charge in [-0.3, -0.25) is 9.59 Å². The molecule has 0 saturated carbocycles. The van der Waals surface area contributed by atoms with Crippen molar-refractivity contribution < 1.29 is 35.6 Å². The maximum Gasteiger partial charge on any atom is 0.255 e. The van der Waals surface area contributed by atoms with E-state index in [-0.39, 0.29) is 28.5 Å². The van der Waals surface area contributed by atoms with E-state index in [0.717, 1.165) is 17.1 Å². The number of aromatic nitrogens is 2. The van der Waals surface area contributed by atoms with Gasteiger partial charge < -0.3 is 21.4 Å². The number of nitrogens with zero attached hydrogens (tertiary/aromatic N) is 2. The largest absolute Gasteiger partial charge is 1.00 e. The van der Waals surface area contributed by atoms with Crippen LogP contribution in [0.3, 0.4) is 0 Å². The number of carbonyl (C=O) groups is 2. The van der Waals surface area contributed by atoms with E-state index >= 15 is 0 Å². The number of ketones is 2. The molecule has 0 atom stereocenters. The van der Waals surface area contributed by atoms with E-state index in [1.807, 2.05) is 58.5 Å². The Labute approximate surface area is 184 Å². The molecule has 2 heterocycles. The standard InChI is InChI=1S/C24H19N2O3.BrH/c1-16-25(14-17-8-3-2-4-9-17)21-22(26(16)15-18-10-7-13-29-18)24(28)20-12-6-5-11-19(20)23(21)27;/h2-13H,14-15H2,1H3;1H/q+1;/p-1. The first-order chi connectivity index (χ1) is 14.1. The number of carbonyl (C=O) groups excluding carboxylic acids is 2. The fraction of sp³-hybridized carbons (Fsp3) is 0.125. The molecule has 0 aliphatic heterocycles. The van der Waals surface area contributed by atoms with Gasteiger partial charge in [-0.05, 0) is 17.7 Å². The van der Waals surface area contributed by atoms with Gasteiger partial charge in [-0.25, -0.2) is 9.13 Å². The van der Waals surface area contributed by atoms with E-state index in [9.17, 15) is 9.59 Å². The topological polar surface area (TPSA) is 56.1 Å². The molecule has 2 aromatic heterocycles. The Morgan fingerprint density at radius 1 is 0.867 bits per heavy atom. The fourth-order valence-corrected chi connectivity index (χ4v) is 4.03. The summed E-state index contributed by atoms with van der Waals surface area (Å²) in [5.41, 5.74) is 2.86. The van der Waals surface area contributed by atoms with E-state index in [4.69, 9.17) is 4.42 Å². The predicted octanol–water partition coefficient (Wildman–Crippen LogP) is 0.553. The molecule has 0 unspecified atom stereocenters. The molecule has 0 fully saturated rings. The van der Waals surface area contributed by atoms with Crippen LogP contribution in [0.15, 0.2) is 77.4 Å². The summed E-state index contributed by atoms with van der Waals surface area (Å²) in [4.78, 5) is 26.8. The molecule has 150 valence electrons. The van der Waals surface area contributed by atoms with Crippen LogP contribution in [-0.4, -0.2) is 16.1 Å². The van der Waals surface area contributed by atoms with Gasteiger partial charge >= 0.3 is 0 Å². The average molecular weight is 463 g/mol. The van der Waals surface area contributed by atoms with Crippen LogP contribution in [0.25, 0.3) is 0 Å². The molecular formula is C24H19BrN2O3. The number of furan rings is 1. The summed E-state index contributed by atoms with van der Waals surface area (Å²) in [7, 11) is 0. The third-order valence-corrected chi connectivity index (χ3v) is 5.47. The van der Waals surface area contributed by atoms with Crippen molar-refractivity contribution in [1.82, 2.24) is 4.57 Å². The average Bonchev–Trinajstić information content (AvgIpc) is 3.35. The lowest BCUT2D eigenvalue weighted by Gasteiger charge is -2.12. The first-order valence-corrected chi connectivity index (χ1v) is 9.53. The zero-order chi connectivity index (χ0) is 20.0. The zero-order valence-electron chi connectivity index (χ0n) is 16.3. The van der Waals surface area contributed by atoms with Crippen LogP contribution in [0.5, 0.6) is 0 Å². The van der Waals surface area contributed by atoms with Crippen molar-refractivity contribution in [2.45, 2.75) is 20.0 Å². The lowest BCUT2D eigenvalue weighted by Crippen LogP contribution is -3.00. The second kappa shape index (κ2) is 7.88. The smallest absolute Gasteiger partial charge is 0.255 e. The Kier molecular flexibility index (Phi) is 5.26. The Bertz CT molecular complexity index is 1240. The molecular weight excluding hydrogens is 444 g/mol. The first-order valence-electron chi connectivity index (χ1n) is 9.53. The van der Waals surface area contributed by atoms with Gasteiger partial charge in [-0.2, -0.15) is 0 Å². The van der Waals surface area contributed by atoms with Crippen LogP contribution in [0.1, 0.15) is 49.3 Å². The molecule has 30 heavy (non-hydrogen) atoms. The Morgan fingerprint density at radius 3 is 2.20 bits per heavy atom. The summed E-state index contributed by atoms with van der Waals surface area (Å²) >= 11 is 0. The second-order valence-corrected chi connectivity index (χ2v) is 7.19. The molecule has 1 aliphatic rings. The molecule has 0 N–H and O–H groups in total.